The van der Waals surface area contributed by atoms with Gasteiger partial charge in [0.2, 0.25) is 12.3 Å². The minimum Gasteiger partial charge on any atom is -1.00 e. The lowest BCUT2D eigenvalue weighted by Gasteiger charge is -1.99. The van der Waals surface area contributed by atoms with Crippen LogP contribution in [0.5, 0.6) is 0 Å². The molecule has 0 fully saturated rings. The lowest BCUT2D eigenvalue weighted by atomic mass is 10.2. The normalized spacial score (nSPS) is 9.47. The molecule has 0 saturated heterocycles. The number of ketones is 1. The fourth-order valence-corrected chi connectivity index (χ4v) is 1.51. The first kappa shape index (κ1) is 13.5. The van der Waals surface area contributed by atoms with Crippen molar-refractivity contribution in [2.75, 3.05) is 0 Å². The molecule has 4 heteroatoms. The molecule has 0 atom stereocenters. The van der Waals surface area contributed by atoms with Crippen LogP contribution in [0.2, 0.25) is 0 Å². The summed E-state index contributed by atoms with van der Waals surface area (Å²) in [6.45, 7) is 2.34. The van der Waals surface area contributed by atoms with Gasteiger partial charge in [0.15, 0.2) is 11.9 Å². The Hall–Kier alpha value is -1.55. The lowest BCUT2D eigenvalue weighted by molar-refractivity contribution is -0.689. The van der Waals surface area contributed by atoms with Gasteiger partial charge in [-0.2, -0.15) is 4.57 Å². The van der Waals surface area contributed by atoms with Crippen LogP contribution in [0.15, 0.2) is 48.9 Å². The first-order valence-corrected chi connectivity index (χ1v) is 5.15. The highest BCUT2D eigenvalue weighted by molar-refractivity contribution is 5.94. The van der Waals surface area contributed by atoms with Gasteiger partial charge < -0.3 is 17.0 Å². The molecule has 17 heavy (non-hydrogen) atoms. The van der Waals surface area contributed by atoms with E-state index in [1.807, 2.05) is 35.9 Å². The van der Waals surface area contributed by atoms with Crippen LogP contribution in [0.4, 0.5) is 0 Å². The van der Waals surface area contributed by atoms with Gasteiger partial charge in [-0.15, -0.1) is 0 Å². The second kappa shape index (κ2) is 6.25. The molecule has 2 rings (SSSR count). The van der Waals surface area contributed by atoms with Crippen molar-refractivity contribution in [3.63, 3.8) is 0 Å². The molecule has 0 radical (unpaired) electrons. The average Bonchev–Trinajstić information content (AvgIpc) is 2.33. The van der Waals surface area contributed by atoms with Crippen LogP contribution in [0.1, 0.15) is 16.1 Å². The zero-order valence-corrected chi connectivity index (χ0v) is 11.1. The van der Waals surface area contributed by atoms with Crippen LogP contribution in [-0.4, -0.2) is 10.8 Å². The van der Waals surface area contributed by atoms with Gasteiger partial charge in [-0.1, -0.05) is 6.07 Å². The summed E-state index contributed by atoms with van der Waals surface area (Å²) in [5.41, 5.74) is 1.72. The summed E-state index contributed by atoms with van der Waals surface area (Å²) in [4.78, 5) is 15.8. The Morgan fingerprint density at radius 3 is 2.76 bits per heavy atom. The van der Waals surface area contributed by atoms with Crippen molar-refractivity contribution in [1.82, 2.24) is 4.98 Å². The van der Waals surface area contributed by atoms with E-state index >= 15 is 0 Å². The van der Waals surface area contributed by atoms with E-state index in [0.29, 0.717) is 12.1 Å². The van der Waals surface area contributed by atoms with Crippen LogP contribution < -0.4 is 21.5 Å². The van der Waals surface area contributed by atoms with E-state index in [0.717, 1.165) is 5.69 Å². The number of aromatic nitrogens is 2. The lowest BCUT2D eigenvalue weighted by Crippen LogP contribution is -3.00. The third-order valence-corrected chi connectivity index (χ3v) is 2.47. The van der Waals surface area contributed by atoms with Gasteiger partial charge in [-0.25, -0.2) is 0 Å². The molecule has 2 heterocycles. The zero-order valence-electron chi connectivity index (χ0n) is 9.51. The molecule has 0 saturated carbocycles. The van der Waals surface area contributed by atoms with Gasteiger partial charge in [0, 0.05) is 37.0 Å². The summed E-state index contributed by atoms with van der Waals surface area (Å²) in [5, 5.41) is 0. The smallest absolute Gasteiger partial charge is 0.229 e. The largest absolute Gasteiger partial charge is 1.00 e. The van der Waals surface area contributed by atoms with E-state index in [4.69, 9.17) is 0 Å². The van der Waals surface area contributed by atoms with Crippen molar-refractivity contribution in [1.29, 1.82) is 0 Å². The number of carbonyl (C=O) groups excluding carboxylic acids is 1. The fraction of sp³-hybridized carbons (Fsp3) is 0.154. The first-order chi connectivity index (χ1) is 7.77. The van der Waals surface area contributed by atoms with Gasteiger partial charge in [0.25, 0.3) is 0 Å². The number of hydrogen-bond donors (Lipinski definition) is 0. The van der Waals surface area contributed by atoms with Crippen LogP contribution in [0, 0.1) is 6.92 Å². The Morgan fingerprint density at radius 1 is 1.29 bits per heavy atom. The van der Waals surface area contributed by atoms with Gasteiger partial charge in [0.1, 0.15) is 0 Å². The summed E-state index contributed by atoms with van der Waals surface area (Å²) < 4.78 is 1.93. The van der Waals surface area contributed by atoms with Crippen LogP contribution in [0.25, 0.3) is 0 Å². The fourth-order valence-electron chi connectivity index (χ4n) is 1.51. The van der Waals surface area contributed by atoms with E-state index in [1.165, 1.54) is 0 Å². The van der Waals surface area contributed by atoms with E-state index in [1.54, 1.807) is 24.5 Å². The van der Waals surface area contributed by atoms with Crippen molar-refractivity contribution in [2.24, 2.45) is 0 Å². The highest BCUT2D eigenvalue weighted by Crippen LogP contribution is 1.98. The van der Waals surface area contributed by atoms with E-state index < -0.39 is 0 Å². The van der Waals surface area contributed by atoms with Crippen LogP contribution in [0.3, 0.4) is 0 Å². The van der Waals surface area contributed by atoms with E-state index in [9.17, 15) is 4.79 Å². The van der Waals surface area contributed by atoms with Crippen molar-refractivity contribution >= 4 is 5.78 Å². The maximum atomic E-state index is 11.9. The predicted octanol–water partition coefficient (Wildman–Crippen LogP) is -1.44. The monoisotopic (exact) mass is 292 g/mol. The number of hydrogen-bond acceptors (Lipinski definition) is 2. The second-order valence-corrected chi connectivity index (χ2v) is 3.63. The molecular weight excluding hydrogens is 280 g/mol. The number of halogens is 1. The molecule has 0 unspecified atom stereocenters. The Morgan fingerprint density at radius 2 is 2.12 bits per heavy atom. The number of Topliss-reactive ketones (excluding diaryl/α,β-unsaturated/α-hetero) is 1. The summed E-state index contributed by atoms with van der Waals surface area (Å²) in [5.74, 6) is 0.0763. The number of pyridine rings is 2. The predicted molar refractivity (Wildman–Crippen MR) is 59.9 cm³/mol. The number of nitrogens with zero attached hydrogens (tertiary/aromatic N) is 2. The summed E-state index contributed by atoms with van der Waals surface area (Å²) >= 11 is 0. The number of carbonyl (C=O) groups is 1. The molecule has 0 aliphatic rings. The Bertz CT molecular complexity index is 500. The molecular formula is C13H13BrN2O. The Labute approximate surface area is 111 Å². The Balaban J connectivity index is 0.00000144. The maximum absolute atomic E-state index is 11.9. The maximum Gasteiger partial charge on any atom is 0.229 e. The molecule has 3 nitrogen and oxygen atoms in total. The molecule has 0 aromatic carbocycles. The van der Waals surface area contributed by atoms with Crippen molar-refractivity contribution < 1.29 is 26.3 Å². The Kier molecular flexibility index (Phi) is 4.97. The second-order valence-electron chi connectivity index (χ2n) is 3.63. The molecule has 0 bridgehead atoms. The topological polar surface area (TPSA) is 33.8 Å². The highest BCUT2D eigenvalue weighted by Gasteiger charge is 2.13. The number of aryl methyl sites for hydroxylation is 1. The van der Waals surface area contributed by atoms with Crippen molar-refractivity contribution in [3.05, 3.63) is 60.2 Å². The molecule has 2 aromatic rings. The van der Waals surface area contributed by atoms with Gasteiger partial charge in [0.05, 0.1) is 0 Å². The third-order valence-electron chi connectivity index (χ3n) is 2.47. The standard InChI is InChI=1S/C13H13N2O.BrH/c1-11-5-2-3-8-15(11)10-13(16)12-6-4-7-14-9-12;/h2-9H,10H2,1H3;1H/q+1;/p-1. The van der Waals surface area contributed by atoms with Crippen LogP contribution in [-0.2, 0) is 6.54 Å². The summed E-state index contributed by atoms with van der Waals surface area (Å²) in [6.07, 6.45) is 5.17. The first-order valence-electron chi connectivity index (χ1n) is 5.15. The molecule has 88 valence electrons. The van der Waals surface area contributed by atoms with E-state index in [-0.39, 0.29) is 22.8 Å². The molecule has 0 aliphatic carbocycles. The zero-order chi connectivity index (χ0) is 11.4. The third kappa shape index (κ3) is 3.46. The molecule has 0 aliphatic heterocycles. The summed E-state index contributed by atoms with van der Waals surface area (Å²) in [7, 11) is 0. The molecule has 0 N–H and O–H groups in total. The average molecular weight is 293 g/mol. The van der Waals surface area contributed by atoms with E-state index in [2.05, 4.69) is 4.98 Å². The highest BCUT2D eigenvalue weighted by atomic mass is 79.9. The minimum absolute atomic E-state index is 0. The van der Waals surface area contributed by atoms with Crippen molar-refractivity contribution in [3.8, 4) is 0 Å². The van der Waals surface area contributed by atoms with Gasteiger partial charge >= 0.3 is 0 Å². The number of rotatable bonds is 3. The molecule has 2 aromatic heterocycles. The van der Waals surface area contributed by atoms with Gasteiger partial charge in [-0.05, 0) is 12.1 Å². The minimum atomic E-state index is 0. The summed E-state index contributed by atoms with van der Waals surface area (Å²) in [6, 6.07) is 9.42. The van der Waals surface area contributed by atoms with Gasteiger partial charge in [-0.3, -0.25) is 9.78 Å². The molecule has 0 spiro atoms. The molecule has 0 amide bonds. The quantitative estimate of drug-likeness (QED) is 0.513. The SMILES string of the molecule is Cc1cccc[n+]1CC(=O)c1cccnc1.[Br-]. The van der Waals surface area contributed by atoms with Crippen molar-refractivity contribution in [2.45, 2.75) is 13.5 Å². The van der Waals surface area contributed by atoms with Crippen LogP contribution >= 0.6 is 0 Å².